The molecule has 178 valence electrons. The second kappa shape index (κ2) is 8.85. The van der Waals surface area contributed by atoms with E-state index in [0.717, 1.165) is 81.7 Å². The number of pyridine rings is 3. The van der Waals surface area contributed by atoms with Crippen molar-refractivity contribution in [3.05, 3.63) is 65.9 Å². The summed E-state index contributed by atoms with van der Waals surface area (Å²) < 4.78 is 6.21. The van der Waals surface area contributed by atoms with Gasteiger partial charge >= 0.3 is 0 Å². The van der Waals surface area contributed by atoms with Gasteiger partial charge in [-0.05, 0) is 61.6 Å². The molecule has 1 aliphatic heterocycles. The van der Waals surface area contributed by atoms with Crippen LogP contribution in [0.5, 0.6) is 5.75 Å². The van der Waals surface area contributed by atoms with Crippen LogP contribution in [-0.2, 0) is 0 Å². The Morgan fingerprint density at radius 2 is 1.83 bits per heavy atom. The number of fused-ring (bicyclic) bond motifs is 2. The highest BCUT2D eigenvalue weighted by atomic mass is 32.1. The fourth-order valence-corrected chi connectivity index (χ4v) is 5.47. The van der Waals surface area contributed by atoms with E-state index in [2.05, 4.69) is 64.4 Å². The number of aromatic amines is 2. The van der Waals surface area contributed by atoms with Gasteiger partial charge in [-0.15, -0.1) is 0 Å². The van der Waals surface area contributed by atoms with E-state index in [9.17, 15) is 0 Å². The molecule has 36 heavy (non-hydrogen) atoms. The smallest absolute Gasteiger partial charge is 0.181 e. The zero-order chi connectivity index (χ0) is 23.9. The molecule has 9 heteroatoms. The summed E-state index contributed by atoms with van der Waals surface area (Å²) >= 11 is 1.67. The average Bonchev–Trinajstić information content (AvgIpc) is 3.68. The summed E-state index contributed by atoms with van der Waals surface area (Å²) in [4.78, 5) is 17.2. The third-order valence-corrected chi connectivity index (χ3v) is 7.34. The van der Waals surface area contributed by atoms with Crippen LogP contribution < -0.4 is 10.1 Å². The van der Waals surface area contributed by atoms with Gasteiger partial charge in [0.1, 0.15) is 11.9 Å². The van der Waals surface area contributed by atoms with Crippen molar-refractivity contribution in [3.8, 4) is 39.5 Å². The molecular weight excluding hydrogens is 470 g/mol. The molecule has 0 unspecified atom stereocenters. The number of aromatic nitrogens is 6. The zero-order valence-corrected chi connectivity index (χ0v) is 20.2. The quantitative estimate of drug-likeness (QED) is 0.296. The van der Waals surface area contributed by atoms with Gasteiger partial charge in [0.05, 0.1) is 23.3 Å². The van der Waals surface area contributed by atoms with Gasteiger partial charge in [-0.2, -0.15) is 16.4 Å². The van der Waals surface area contributed by atoms with E-state index in [4.69, 9.17) is 4.74 Å². The predicted molar refractivity (Wildman–Crippen MR) is 142 cm³/mol. The molecule has 0 amide bonds. The van der Waals surface area contributed by atoms with Gasteiger partial charge in [0.15, 0.2) is 5.65 Å². The van der Waals surface area contributed by atoms with Crippen molar-refractivity contribution in [3.63, 3.8) is 0 Å². The number of hydrogen-bond acceptors (Lipinski definition) is 7. The molecule has 7 rings (SSSR count). The fourth-order valence-electron chi connectivity index (χ4n) is 4.83. The third kappa shape index (κ3) is 3.82. The van der Waals surface area contributed by atoms with E-state index in [-0.39, 0.29) is 6.10 Å². The molecule has 0 spiro atoms. The molecule has 1 aliphatic rings. The van der Waals surface area contributed by atoms with Crippen molar-refractivity contribution in [2.24, 2.45) is 0 Å². The first kappa shape index (κ1) is 21.2. The number of H-pyrrole nitrogens is 2. The van der Waals surface area contributed by atoms with E-state index in [1.807, 2.05) is 30.7 Å². The maximum absolute atomic E-state index is 6.21. The Bertz CT molecular complexity index is 1660. The number of ether oxygens (including phenoxy) is 1. The summed E-state index contributed by atoms with van der Waals surface area (Å²) in [5.41, 5.74) is 7.54. The molecule has 1 saturated heterocycles. The Kier molecular flexibility index (Phi) is 5.22. The van der Waals surface area contributed by atoms with E-state index in [1.165, 1.54) is 0 Å². The molecule has 3 N–H and O–H groups in total. The summed E-state index contributed by atoms with van der Waals surface area (Å²) in [5.74, 6) is 0.788. The lowest BCUT2D eigenvalue weighted by atomic mass is 10.1. The van der Waals surface area contributed by atoms with Crippen molar-refractivity contribution >= 4 is 33.3 Å². The van der Waals surface area contributed by atoms with Gasteiger partial charge in [-0.25, -0.2) is 4.98 Å². The Morgan fingerprint density at radius 1 is 0.917 bits per heavy atom. The van der Waals surface area contributed by atoms with Gasteiger partial charge in [0.25, 0.3) is 0 Å². The van der Waals surface area contributed by atoms with Crippen LogP contribution in [0.15, 0.2) is 65.9 Å². The van der Waals surface area contributed by atoms with E-state index in [1.54, 1.807) is 17.5 Å². The minimum Gasteiger partial charge on any atom is -0.489 e. The topological polar surface area (TPSA) is 104 Å². The summed E-state index contributed by atoms with van der Waals surface area (Å²) in [6.45, 7) is 1.97. The van der Waals surface area contributed by atoms with Crippen LogP contribution in [0.4, 0.5) is 0 Å². The van der Waals surface area contributed by atoms with Crippen molar-refractivity contribution < 1.29 is 4.74 Å². The van der Waals surface area contributed by atoms with Crippen molar-refractivity contribution in [1.29, 1.82) is 0 Å². The monoisotopic (exact) mass is 493 g/mol. The average molecular weight is 494 g/mol. The molecule has 8 nitrogen and oxygen atoms in total. The lowest BCUT2D eigenvalue weighted by Crippen LogP contribution is -2.34. The molecule has 7 heterocycles. The molecule has 0 bridgehead atoms. The summed E-state index contributed by atoms with van der Waals surface area (Å²) in [6.07, 6.45) is 9.53. The lowest BCUT2D eigenvalue weighted by molar-refractivity contribution is 0.162. The minimum absolute atomic E-state index is 0.222. The van der Waals surface area contributed by atoms with Crippen molar-refractivity contribution in [1.82, 2.24) is 35.5 Å². The van der Waals surface area contributed by atoms with Crippen LogP contribution in [-0.4, -0.2) is 49.3 Å². The fraction of sp³-hybridized carbons (Fsp3) is 0.185. The SMILES string of the molecule is c1cc2[nH]c(-c3[nH]nc4ncc(-c5cncc(OC6CCNCC6)c5)cc34)cc2c(-c2ccsc2)n1. The number of hydrogen-bond donors (Lipinski definition) is 3. The Balaban J connectivity index is 1.26. The Labute approximate surface area is 210 Å². The highest BCUT2D eigenvalue weighted by Gasteiger charge is 2.17. The first-order chi connectivity index (χ1) is 17.8. The van der Waals surface area contributed by atoms with Crippen molar-refractivity contribution in [2.75, 3.05) is 13.1 Å². The third-order valence-electron chi connectivity index (χ3n) is 6.66. The first-order valence-electron chi connectivity index (χ1n) is 12.0. The maximum Gasteiger partial charge on any atom is 0.181 e. The zero-order valence-electron chi connectivity index (χ0n) is 19.4. The molecule has 1 fully saturated rings. The van der Waals surface area contributed by atoms with Crippen LogP contribution >= 0.6 is 11.3 Å². The molecule has 0 aromatic carbocycles. The standard InChI is InChI=1S/C27H23N7OS/c1-5-28-6-2-19(1)35-20-9-17(12-29-14-20)18-10-22-26(33-34-27(22)31-13-18)24-11-21-23(32-24)3-7-30-25(21)16-4-8-36-15-16/h3-4,7-15,19,28,32H,1-2,5-6H2,(H,31,33,34). The summed E-state index contributed by atoms with van der Waals surface area (Å²) in [5, 5.41) is 17.2. The first-order valence-corrected chi connectivity index (χ1v) is 12.9. The Hall–Kier alpha value is -4.08. The van der Waals surface area contributed by atoms with Crippen LogP contribution in [0, 0.1) is 0 Å². The molecular formula is C27H23N7OS. The van der Waals surface area contributed by atoms with Gasteiger partial charge in [-0.1, -0.05) is 0 Å². The lowest BCUT2D eigenvalue weighted by Gasteiger charge is -2.23. The van der Waals surface area contributed by atoms with Crippen molar-refractivity contribution in [2.45, 2.75) is 18.9 Å². The van der Waals surface area contributed by atoms with Gasteiger partial charge in [0, 0.05) is 57.0 Å². The number of nitrogens with zero attached hydrogens (tertiary/aromatic N) is 4. The number of rotatable bonds is 5. The van der Waals surface area contributed by atoms with Crippen LogP contribution in [0.2, 0.25) is 0 Å². The molecule has 0 aliphatic carbocycles. The Morgan fingerprint density at radius 3 is 2.72 bits per heavy atom. The highest BCUT2D eigenvalue weighted by Crippen LogP contribution is 2.34. The second-order valence-electron chi connectivity index (χ2n) is 8.99. The minimum atomic E-state index is 0.222. The molecule has 6 aromatic heterocycles. The normalized spacial score (nSPS) is 14.6. The summed E-state index contributed by atoms with van der Waals surface area (Å²) in [6, 6.07) is 10.4. The van der Waals surface area contributed by atoms with Crippen LogP contribution in [0.25, 0.3) is 55.7 Å². The number of nitrogens with one attached hydrogen (secondary N) is 3. The molecule has 0 atom stereocenters. The predicted octanol–water partition coefficient (Wildman–Crippen LogP) is 5.42. The van der Waals surface area contributed by atoms with Crippen LogP contribution in [0.3, 0.4) is 0 Å². The maximum atomic E-state index is 6.21. The molecule has 0 radical (unpaired) electrons. The highest BCUT2D eigenvalue weighted by molar-refractivity contribution is 7.08. The van der Waals surface area contributed by atoms with Gasteiger partial charge < -0.3 is 15.0 Å². The number of piperidine rings is 1. The van der Waals surface area contributed by atoms with E-state index < -0.39 is 0 Å². The molecule has 0 saturated carbocycles. The van der Waals surface area contributed by atoms with Crippen LogP contribution in [0.1, 0.15) is 12.8 Å². The van der Waals surface area contributed by atoms with Gasteiger partial charge in [-0.3, -0.25) is 15.1 Å². The second-order valence-corrected chi connectivity index (χ2v) is 9.77. The largest absolute Gasteiger partial charge is 0.489 e. The number of thiophene rings is 1. The van der Waals surface area contributed by atoms with E-state index >= 15 is 0 Å². The van der Waals surface area contributed by atoms with Gasteiger partial charge in [0.2, 0.25) is 0 Å². The van der Waals surface area contributed by atoms with E-state index in [0.29, 0.717) is 5.65 Å². The summed E-state index contributed by atoms with van der Waals surface area (Å²) in [7, 11) is 0. The molecule has 6 aromatic rings.